The average molecular weight is 288 g/mol. The van der Waals surface area contributed by atoms with Crippen LogP contribution < -0.4 is 0 Å². The van der Waals surface area contributed by atoms with E-state index in [1.165, 1.54) is 12.1 Å². The van der Waals surface area contributed by atoms with Gasteiger partial charge in [0.05, 0.1) is 0 Å². The van der Waals surface area contributed by atoms with Gasteiger partial charge in [-0.25, -0.2) is 14.1 Å². The van der Waals surface area contributed by atoms with Crippen LogP contribution in [0, 0.1) is 5.82 Å². The lowest BCUT2D eigenvalue weighted by Gasteiger charge is -2.38. The van der Waals surface area contributed by atoms with Gasteiger partial charge in [0.25, 0.3) is 0 Å². The molecule has 1 aliphatic carbocycles. The molecule has 0 bridgehead atoms. The summed E-state index contributed by atoms with van der Waals surface area (Å²) >= 11 is 0. The van der Waals surface area contributed by atoms with Crippen molar-refractivity contribution in [2.45, 2.75) is 38.3 Å². The minimum absolute atomic E-state index is 0.235. The highest BCUT2D eigenvalue weighted by Gasteiger charge is 2.35. The second kappa shape index (κ2) is 5.56. The monoisotopic (exact) mass is 288 g/mol. The van der Waals surface area contributed by atoms with Crippen LogP contribution in [-0.4, -0.2) is 39.8 Å². The molecule has 5 heteroatoms. The summed E-state index contributed by atoms with van der Waals surface area (Å²) < 4.78 is 15.0. The minimum Gasteiger partial charge on any atom is -0.306 e. The highest BCUT2D eigenvalue weighted by Crippen LogP contribution is 2.38. The SMILES string of the molecule is CCn1nc(-c2ccc(F)cc2)nc1C1CC(N(C)C)C1. The van der Waals surface area contributed by atoms with Crippen molar-refractivity contribution in [1.29, 1.82) is 0 Å². The van der Waals surface area contributed by atoms with Gasteiger partial charge in [-0.3, -0.25) is 0 Å². The molecule has 4 nitrogen and oxygen atoms in total. The second-order valence-corrected chi connectivity index (χ2v) is 5.90. The van der Waals surface area contributed by atoms with E-state index in [0.717, 1.165) is 30.8 Å². The molecule has 21 heavy (non-hydrogen) atoms. The fraction of sp³-hybridized carbons (Fsp3) is 0.500. The van der Waals surface area contributed by atoms with Crippen molar-refractivity contribution in [2.24, 2.45) is 0 Å². The third kappa shape index (κ3) is 2.70. The molecule has 1 saturated carbocycles. The van der Waals surface area contributed by atoms with E-state index in [2.05, 4.69) is 31.0 Å². The molecule has 1 aromatic carbocycles. The largest absolute Gasteiger partial charge is 0.306 e. The van der Waals surface area contributed by atoms with Crippen molar-refractivity contribution in [3.8, 4) is 11.4 Å². The quantitative estimate of drug-likeness (QED) is 0.867. The Kier molecular flexibility index (Phi) is 3.76. The maximum Gasteiger partial charge on any atom is 0.181 e. The summed E-state index contributed by atoms with van der Waals surface area (Å²) in [6.07, 6.45) is 2.27. The first-order chi connectivity index (χ1) is 10.1. The van der Waals surface area contributed by atoms with E-state index in [1.807, 2.05) is 4.68 Å². The summed E-state index contributed by atoms with van der Waals surface area (Å²) in [6.45, 7) is 2.89. The number of rotatable bonds is 4. The van der Waals surface area contributed by atoms with Crippen LogP contribution in [0.1, 0.15) is 31.5 Å². The van der Waals surface area contributed by atoms with Gasteiger partial charge in [-0.2, -0.15) is 5.10 Å². The van der Waals surface area contributed by atoms with Crippen LogP contribution >= 0.6 is 0 Å². The Labute approximate surface area is 124 Å². The van der Waals surface area contributed by atoms with Gasteiger partial charge in [0.15, 0.2) is 5.82 Å². The molecule has 0 saturated heterocycles. The van der Waals surface area contributed by atoms with Crippen LogP contribution in [0.25, 0.3) is 11.4 Å². The average Bonchev–Trinajstić information content (AvgIpc) is 2.81. The van der Waals surface area contributed by atoms with Crippen molar-refractivity contribution < 1.29 is 4.39 Å². The zero-order chi connectivity index (χ0) is 15.0. The van der Waals surface area contributed by atoms with E-state index in [9.17, 15) is 4.39 Å². The van der Waals surface area contributed by atoms with Crippen molar-refractivity contribution in [3.05, 3.63) is 35.9 Å². The van der Waals surface area contributed by atoms with Crippen molar-refractivity contribution >= 4 is 0 Å². The smallest absolute Gasteiger partial charge is 0.181 e. The third-order valence-electron chi connectivity index (χ3n) is 4.31. The van der Waals surface area contributed by atoms with Crippen LogP contribution in [0.4, 0.5) is 4.39 Å². The number of nitrogens with zero attached hydrogens (tertiary/aromatic N) is 4. The van der Waals surface area contributed by atoms with Gasteiger partial charge >= 0.3 is 0 Å². The Morgan fingerprint density at radius 1 is 1.24 bits per heavy atom. The van der Waals surface area contributed by atoms with Gasteiger partial charge in [0.1, 0.15) is 11.6 Å². The Hall–Kier alpha value is -1.75. The van der Waals surface area contributed by atoms with Gasteiger partial charge in [-0.15, -0.1) is 0 Å². The molecule has 0 radical (unpaired) electrons. The molecule has 1 aromatic heterocycles. The van der Waals surface area contributed by atoms with Crippen molar-refractivity contribution in [2.75, 3.05) is 14.1 Å². The standard InChI is InChI=1S/C16H21FN4/c1-4-21-16(12-9-14(10-12)20(2)3)18-15(19-21)11-5-7-13(17)8-6-11/h5-8,12,14H,4,9-10H2,1-3H3. The van der Waals surface area contributed by atoms with Gasteiger partial charge in [0.2, 0.25) is 0 Å². The summed E-state index contributed by atoms with van der Waals surface area (Å²) in [6, 6.07) is 7.02. The molecule has 0 N–H and O–H groups in total. The highest BCUT2D eigenvalue weighted by atomic mass is 19.1. The first kappa shape index (κ1) is 14.2. The van der Waals surface area contributed by atoms with E-state index in [4.69, 9.17) is 4.98 Å². The van der Waals surface area contributed by atoms with Crippen LogP contribution in [0.2, 0.25) is 0 Å². The normalized spacial score (nSPS) is 21.6. The van der Waals surface area contributed by atoms with Gasteiger partial charge < -0.3 is 4.90 Å². The van der Waals surface area contributed by atoms with Gasteiger partial charge in [0, 0.05) is 24.1 Å². The van der Waals surface area contributed by atoms with E-state index in [1.54, 1.807) is 12.1 Å². The molecule has 0 amide bonds. The van der Waals surface area contributed by atoms with Crippen molar-refractivity contribution in [3.63, 3.8) is 0 Å². The fourth-order valence-corrected chi connectivity index (χ4v) is 2.83. The number of hydrogen-bond donors (Lipinski definition) is 0. The maximum atomic E-state index is 13.0. The first-order valence-electron chi connectivity index (χ1n) is 7.45. The third-order valence-corrected chi connectivity index (χ3v) is 4.31. The molecule has 112 valence electrons. The number of benzene rings is 1. The van der Waals surface area contributed by atoms with Crippen LogP contribution in [0.3, 0.4) is 0 Å². The van der Waals surface area contributed by atoms with E-state index in [0.29, 0.717) is 17.8 Å². The Morgan fingerprint density at radius 3 is 2.48 bits per heavy atom. The molecule has 1 fully saturated rings. The molecule has 0 unspecified atom stereocenters. The summed E-state index contributed by atoms with van der Waals surface area (Å²) in [5, 5.41) is 4.57. The Morgan fingerprint density at radius 2 is 1.90 bits per heavy atom. The number of halogens is 1. The molecule has 0 aliphatic heterocycles. The number of aromatic nitrogens is 3. The summed E-state index contributed by atoms with van der Waals surface area (Å²) in [5.74, 6) is 2.01. The molecule has 2 aromatic rings. The van der Waals surface area contributed by atoms with Crippen LogP contribution in [0.5, 0.6) is 0 Å². The van der Waals surface area contributed by atoms with Crippen LogP contribution in [0.15, 0.2) is 24.3 Å². The summed E-state index contributed by atoms with van der Waals surface area (Å²) in [7, 11) is 4.24. The zero-order valence-electron chi connectivity index (χ0n) is 12.8. The lowest BCUT2D eigenvalue weighted by Crippen LogP contribution is -2.40. The predicted octanol–water partition coefficient (Wildman–Crippen LogP) is 2.91. The molecule has 1 aliphatic rings. The highest BCUT2D eigenvalue weighted by molar-refractivity contribution is 5.54. The number of hydrogen-bond acceptors (Lipinski definition) is 3. The molecule has 0 spiro atoms. The van der Waals surface area contributed by atoms with E-state index >= 15 is 0 Å². The summed E-state index contributed by atoms with van der Waals surface area (Å²) in [4.78, 5) is 6.98. The molecule has 3 rings (SSSR count). The molecular weight excluding hydrogens is 267 g/mol. The molecular formula is C16H21FN4. The lowest BCUT2D eigenvalue weighted by atomic mass is 9.79. The van der Waals surface area contributed by atoms with Crippen molar-refractivity contribution in [1.82, 2.24) is 19.7 Å². The number of aryl methyl sites for hydroxylation is 1. The second-order valence-electron chi connectivity index (χ2n) is 5.90. The van der Waals surface area contributed by atoms with Crippen LogP contribution in [-0.2, 0) is 6.54 Å². The first-order valence-corrected chi connectivity index (χ1v) is 7.45. The van der Waals surface area contributed by atoms with Gasteiger partial charge in [-0.05, 0) is 58.1 Å². The van der Waals surface area contributed by atoms with E-state index in [-0.39, 0.29) is 5.82 Å². The molecule has 0 atom stereocenters. The Balaban J connectivity index is 1.84. The minimum atomic E-state index is -0.235. The Bertz CT molecular complexity index is 612. The maximum absolute atomic E-state index is 13.0. The zero-order valence-corrected chi connectivity index (χ0v) is 12.8. The predicted molar refractivity (Wildman–Crippen MR) is 80.5 cm³/mol. The molecule has 1 heterocycles. The van der Waals surface area contributed by atoms with E-state index < -0.39 is 0 Å². The topological polar surface area (TPSA) is 34.0 Å². The van der Waals surface area contributed by atoms with Gasteiger partial charge in [-0.1, -0.05) is 0 Å². The lowest BCUT2D eigenvalue weighted by molar-refractivity contribution is 0.159. The summed E-state index contributed by atoms with van der Waals surface area (Å²) in [5.41, 5.74) is 0.869. The fourth-order valence-electron chi connectivity index (χ4n) is 2.83.